The van der Waals surface area contributed by atoms with Gasteiger partial charge in [-0.3, -0.25) is 9.59 Å². The Morgan fingerprint density at radius 1 is 1.30 bits per heavy atom. The zero-order valence-corrected chi connectivity index (χ0v) is 13.3. The number of hydrogen-bond acceptors (Lipinski definition) is 4. The second-order valence-corrected chi connectivity index (χ2v) is 6.33. The van der Waals surface area contributed by atoms with E-state index in [1.165, 1.54) is 6.92 Å². The molecule has 2 N–H and O–H groups in total. The second kappa shape index (κ2) is 6.31. The largest absolute Gasteiger partial charge is 0.376 e. The Morgan fingerprint density at radius 3 is 2.30 bits per heavy atom. The third-order valence-corrected chi connectivity index (χ3v) is 2.75. The Kier molecular flexibility index (Phi) is 5.23. The standard InChI is InChI=1S/C14H20FN2O2P/c1-5-9(6-8(2)3)17-11-10(12(18)13(11)19)16-7-14(4,15)20/h5-6,16-17H,7,20H2,1-4H3/b9-5+. The van der Waals surface area contributed by atoms with E-state index in [1.807, 2.05) is 36.1 Å². The molecule has 2 unspecified atom stereocenters. The van der Waals surface area contributed by atoms with E-state index in [9.17, 15) is 14.0 Å². The molecular weight excluding hydrogens is 278 g/mol. The monoisotopic (exact) mass is 298 g/mol. The number of allylic oxidation sites excluding steroid dienone is 3. The molecule has 0 fully saturated rings. The predicted octanol–water partition coefficient (Wildman–Crippen LogP) is 2.54. The normalized spacial score (nSPS) is 14.8. The lowest BCUT2D eigenvalue weighted by atomic mass is 10.1. The maximum absolute atomic E-state index is 13.4. The minimum atomic E-state index is -1.54. The molecule has 0 aliphatic rings. The van der Waals surface area contributed by atoms with E-state index >= 15 is 0 Å². The highest BCUT2D eigenvalue weighted by Crippen LogP contribution is 2.22. The first kappa shape index (κ1) is 16.6. The van der Waals surface area contributed by atoms with Gasteiger partial charge in [0.25, 0.3) is 10.9 Å². The van der Waals surface area contributed by atoms with Gasteiger partial charge in [0, 0.05) is 5.70 Å². The number of anilines is 2. The van der Waals surface area contributed by atoms with Crippen LogP contribution in [0.4, 0.5) is 15.8 Å². The molecule has 0 spiro atoms. The first-order valence-electron chi connectivity index (χ1n) is 6.29. The Morgan fingerprint density at radius 2 is 1.85 bits per heavy atom. The van der Waals surface area contributed by atoms with E-state index < -0.39 is 16.3 Å². The van der Waals surface area contributed by atoms with Crippen molar-refractivity contribution in [2.24, 2.45) is 0 Å². The molecule has 4 nitrogen and oxygen atoms in total. The van der Waals surface area contributed by atoms with Crippen molar-refractivity contribution in [1.29, 1.82) is 0 Å². The summed E-state index contributed by atoms with van der Waals surface area (Å²) in [5.41, 5.74) is 0.902. The molecule has 1 rings (SSSR count). The van der Waals surface area contributed by atoms with E-state index in [0.717, 1.165) is 5.57 Å². The highest BCUT2D eigenvalue weighted by atomic mass is 31.0. The van der Waals surface area contributed by atoms with Crippen molar-refractivity contribution < 1.29 is 4.39 Å². The van der Waals surface area contributed by atoms with Crippen LogP contribution in [-0.2, 0) is 0 Å². The highest BCUT2D eigenvalue weighted by Gasteiger charge is 2.24. The Bertz CT molecular complexity index is 616. The van der Waals surface area contributed by atoms with Crippen LogP contribution in [0.2, 0.25) is 0 Å². The van der Waals surface area contributed by atoms with Crippen molar-refractivity contribution in [2.45, 2.75) is 33.1 Å². The van der Waals surface area contributed by atoms with Crippen LogP contribution in [0.3, 0.4) is 0 Å². The topological polar surface area (TPSA) is 58.2 Å². The van der Waals surface area contributed by atoms with Crippen LogP contribution in [-0.4, -0.2) is 12.0 Å². The quantitative estimate of drug-likeness (QED) is 0.481. The number of alkyl halides is 1. The van der Waals surface area contributed by atoms with Crippen LogP contribution in [0.1, 0.15) is 27.7 Å². The van der Waals surface area contributed by atoms with Crippen LogP contribution < -0.4 is 21.5 Å². The number of hydrogen-bond donors (Lipinski definition) is 2. The van der Waals surface area contributed by atoms with Crippen LogP contribution in [0.5, 0.6) is 0 Å². The smallest absolute Gasteiger partial charge is 0.253 e. The zero-order chi connectivity index (χ0) is 15.5. The third kappa shape index (κ3) is 4.27. The molecule has 0 aliphatic heterocycles. The van der Waals surface area contributed by atoms with E-state index in [0.29, 0.717) is 5.70 Å². The lowest BCUT2D eigenvalue weighted by Crippen LogP contribution is -2.39. The van der Waals surface area contributed by atoms with Gasteiger partial charge in [-0.1, -0.05) is 20.9 Å². The van der Waals surface area contributed by atoms with Gasteiger partial charge in [-0.25, -0.2) is 4.39 Å². The Labute approximate surface area is 120 Å². The molecule has 0 aromatic heterocycles. The molecule has 0 heterocycles. The summed E-state index contributed by atoms with van der Waals surface area (Å²) in [6.45, 7) is 6.97. The van der Waals surface area contributed by atoms with Crippen molar-refractivity contribution >= 4 is 20.6 Å². The maximum atomic E-state index is 13.4. The summed E-state index contributed by atoms with van der Waals surface area (Å²) in [4.78, 5) is 23.1. The van der Waals surface area contributed by atoms with Crippen molar-refractivity contribution in [2.75, 3.05) is 17.2 Å². The zero-order valence-electron chi connectivity index (χ0n) is 12.1. The SMILES string of the molecule is C/C=C(\C=C(C)C)Nc1c(NCC(C)(F)P)c(=O)c1=O. The fourth-order valence-corrected chi connectivity index (χ4v) is 1.69. The van der Waals surface area contributed by atoms with Gasteiger partial charge in [0.1, 0.15) is 16.8 Å². The minimum Gasteiger partial charge on any atom is -0.376 e. The summed E-state index contributed by atoms with van der Waals surface area (Å²) >= 11 is 0. The van der Waals surface area contributed by atoms with Crippen LogP contribution in [0.25, 0.3) is 0 Å². The highest BCUT2D eigenvalue weighted by molar-refractivity contribution is 7.18. The number of rotatable bonds is 6. The van der Waals surface area contributed by atoms with Crippen molar-refractivity contribution in [1.82, 2.24) is 0 Å². The van der Waals surface area contributed by atoms with Crippen molar-refractivity contribution in [3.63, 3.8) is 0 Å². The molecule has 110 valence electrons. The molecule has 1 aromatic rings. The fourth-order valence-electron chi connectivity index (χ4n) is 1.59. The summed E-state index contributed by atoms with van der Waals surface area (Å²) in [5, 5.41) is 4.04. The molecule has 0 saturated carbocycles. The van der Waals surface area contributed by atoms with Gasteiger partial charge in [0.05, 0.1) is 6.54 Å². The first-order chi connectivity index (χ1) is 9.15. The minimum absolute atomic E-state index is 0.0645. The second-order valence-electron chi connectivity index (χ2n) is 5.13. The molecule has 2 atom stereocenters. The molecular formula is C14H20FN2O2P. The fraction of sp³-hybridized carbons (Fsp3) is 0.429. The maximum Gasteiger partial charge on any atom is 0.253 e. The van der Waals surface area contributed by atoms with Gasteiger partial charge >= 0.3 is 0 Å². The summed E-state index contributed by atoms with van der Waals surface area (Å²) in [5.74, 6) is 0. The van der Waals surface area contributed by atoms with Crippen LogP contribution in [0.15, 0.2) is 33.0 Å². The van der Waals surface area contributed by atoms with Crippen molar-refractivity contribution in [3.05, 3.63) is 43.9 Å². The Hall–Kier alpha value is -1.48. The van der Waals surface area contributed by atoms with Gasteiger partial charge in [0.2, 0.25) is 0 Å². The lowest BCUT2D eigenvalue weighted by Gasteiger charge is -2.19. The molecule has 6 heteroatoms. The van der Waals surface area contributed by atoms with Gasteiger partial charge in [0.15, 0.2) is 0 Å². The molecule has 0 saturated heterocycles. The predicted molar refractivity (Wildman–Crippen MR) is 85.9 cm³/mol. The molecule has 0 aliphatic carbocycles. The Balaban J connectivity index is 2.93. The summed E-state index contributed by atoms with van der Waals surface area (Å²) in [6.07, 6.45) is 3.65. The van der Waals surface area contributed by atoms with Crippen molar-refractivity contribution in [3.8, 4) is 0 Å². The molecule has 20 heavy (non-hydrogen) atoms. The number of halogens is 1. The van der Waals surface area contributed by atoms with Crippen LogP contribution >= 0.6 is 9.24 Å². The molecule has 1 aromatic carbocycles. The molecule has 0 bridgehead atoms. The van der Waals surface area contributed by atoms with Gasteiger partial charge in [-0.2, -0.15) is 0 Å². The number of nitrogens with one attached hydrogen (secondary N) is 2. The van der Waals surface area contributed by atoms with E-state index in [1.54, 1.807) is 6.08 Å². The average molecular weight is 298 g/mol. The molecule has 0 amide bonds. The first-order valence-corrected chi connectivity index (χ1v) is 6.86. The van der Waals surface area contributed by atoms with E-state index in [-0.39, 0.29) is 17.9 Å². The third-order valence-electron chi connectivity index (χ3n) is 2.55. The summed E-state index contributed by atoms with van der Waals surface area (Å²) in [7, 11) is 2.03. The van der Waals surface area contributed by atoms with Gasteiger partial charge in [-0.15, -0.1) is 0 Å². The molecule has 0 radical (unpaired) electrons. The lowest BCUT2D eigenvalue weighted by molar-refractivity contribution is 0.332. The van der Waals surface area contributed by atoms with Gasteiger partial charge in [-0.05, 0) is 33.8 Å². The summed E-state index contributed by atoms with van der Waals surface area (Å²) in [6, 6.07) is 0. The van der Waals surface area contributed by atoms with E-state index in [2.05, 4.69) is 10.6 Å². The van der Waals surface area contributed by atoms with Gasteiger partial charge < -0.3 is 10.6 Å². The average Bonchev–Trinajstić information content (AvgIpc) is 2.33. The summed E-state index contributed by atoms with van der Waals surface area (Å²) < 4.78 is 13.4. The van der Waals surface area contributed by atoms with Crippen LogP contribution in [0, 0.1) is 0 Å². The van der Waals surface area contributed by atoms with E-state index in [4.69, 9.17) is 0 Å².